The summed E-state index contributed by atoms with van der Waals surface area (Å²) in [6.45, 7) is 3.51. The van der Waals surface area contributed by atoms with E-state index in [0.29, 0.717) is 12.5 Å². The molecule has 148 valence electrons. The van der Waals surface area contributed by atoms with E-state index in [0.717, 1.165) is 24.3 Å². The number of aliphatic imine (C=N–C) groups is 1. The monoisotopic (exact) mass is 476 g/mol. The van der Waals surface area contributed by atoms with Gasteiger partial charge in [0.2, 0.25) is 5.91 Å². The molecule has 0 saturated heterocycles. The molecule has 0 spiro atoms. The third-order valence-corrected chi connectivity index (χ3v) is 3.88. The van der Waals surface area contributed by atoms with Gasteiger partial charge in [0.15, 0.2) is 5.96 Å². The van der Waals surface area contributed by atoms with Crippen LogP contribution >= 0.6 is 24.0 Å². The van der Waals surface area contributed by atoms with Crippen LogP contribution in [-0.2, 0) is 11.3 Å². The molecule has 0 aromatic heterocycles. The SMILES string of the molecule is CCCCCCCCNC(N)=NCC(=O)NCc1ccc(OC)cc1.I. The number of amides is 1. The predicted molar refractivity (Wildman–Crippen MR) is 118 cm³/mol. The molecule has 0 fully saturated rings. The first kappa shape index (κ1) is 24.5. The first-order chi connectivity index (χ1) is 12.2. The van der Waals surface area contributed by atoms with E-state index in [1.165, 1.54) is 32.1 Å². The minimum absolute atomic E-state index is 0. The molecule has 0 atom stereocenters. The third kappa shape index (κ3) is 11.9. The molecular formula is C19H33IN4O2. The van der Waals surface area contributed by atoms with Crippen LogP contribution in [0.25, 0.3) is 0 Å². The highest BCUT2D eigenvalue weighted by Crippen LogP contribution is 2.10. The molecule has 1 aromatic carbocycles. The van der Waals surface area contributed by atoms with Gasteiger partial charge in [-0.1, -0.05) is 51.2 Å². The minimum Gasteiger partial charge on any atom is -0.497 e. The lowest BCUT2D eigenvalue weighted by Gasteiger charge is -2.07. The number of nitrogens with one attached hydrogen (secondary N) is 2. The molecule has 0 aliphatic heterocycles. The molecule has 26 heavy (non-hydrogen) atoms. The number of unbranched alkanes of at least 4 members (excludes halogenated alkanes) is 5. The number of hydrogen-bond acceptors (Lipinski definition) is 3. The summed E-state index contributed by atoms with van der Waals surface area (Å²) in [5, 5.41) is 5.87. The van der Waals surface area contributed by atoms with Crippen molar-refractivity contribution < 1.29 is 9.53 Å². The lowest BCUT2D eigenvalue weighted by Crippen LogP contribution is -2.34. The van der Waals surface area contributed by atoms with Crippen molar-refractivity contribution in [1.29, 1.82) is 0 Å². The highest BCUT2D eigenvalue weighted by molar-refractivity contribution is 14.0. The average molecular weight is 476 g/mol. The summed E-state index contributed by atoms with van der Waals surface area (Å²) < 4.78 is 5.10. The third-order valence-electron chi connectivity index (χ3n) is 3.88. The number of methoxy groups -OCH3 is 1. The van der Waals surface area contributed by atoms with Crippen molar-refractivity contribution in [2.75, 3.05) is 20.2 Å². The van der Waals surface area contributed by atoms with Crippen molar-refractivity contribution >= 4 is 35.8 Å². The van der Waals surface area contributed by atoms with Crippen LogP contribution in [0.4, 0.5) is 0 Å². The van der Waals surface area contributed by atoms with E-state index < -0.39 is 0 Å². The summed E-state index contributed by atoms with van der Waals surface area (Å²) in [6.07, 6.45) is 7.40. The first-order valence-corrected chi connectivity index (χ1v) is 9.09. The van der Waals surface area contributed by atoms with Gasteiger partial charge >= 0.3 is 0 Å². The standard InChI is InChI=1S/C19H32N4O2.HI/c1-3-4-5-6-7-8-13-21-19(20)23-15-18(24)22-14-16-9-11-17(25-2)12-10-16;/h9-12H,3-8,13-15H2,1-2H3,(H,22,24)(H3,20,21,23);1H. The van der Waals surface area contributed by atoms with Gasteiger partial charge in [-0.3, -0.25) is 4.79 Å². The van der Waals surface area contributed by atoms with Crippen molar-refractivity contribution in [3.63, 3.8) is 0 Å². The molecule has 0 radical (unpaired) electrons. The number of carbonyl (C=O) groups is 1. The maximum absolute atomic E-state index is 11.8. The number of ether oxygens (including phenoxy) is 1. The summed E-state index contributed by atoms with van der Waals surface area (Å²) in [5.41, 5.74) is 6.78. The van der Waals surface area contributed by atoms with Gasteiger partial charge in [0.25, 0.3) is 0 Å². The van der Waals surface area contributed by atoms with Crippen LogP contribution in [0.5, 0.6) is 5.75 Å². The average Bonchev–Trinajstić information content (AvgIpc) is 2.64. The zero-order chi connectivity index (χ0) is 18.3. The van der Waals surface area contributed by atoms with E-state index >= 15 is 0 Å². The normalized spacial score (nSPS) is 10.8. The molecular weight excluding hydrogens is 443 g/mol. The van der Waals surface area contributed by atoms with E-state index in [9.17, 15) is 4.79 Å². The second kappa shape index (κ2) is 15.7. The van der Waals surface area contributed by atoms with Crippen molar-refractivity contribution in [2.45, 2.75) is 52.0 Å². The highest BCUT2D eigenvalue weighted by Gasteiger charge is 2.01. The Kier molecular flexibility index (Phi) is 14.8. The molecule has 4 N–H and O–H groups in total. The van der Waals surface area contributed by atoms with E-state index in [-0.39, 0.29) is 36.4 Å². The van der Waals surface area contributed by atoms with Crippen molar-refractivity contribution in [3.05, 3.63) is 29.8 Å². The number of nitrogens with zero attached hydrogens (tertiary/aromatic N) is 1. The van der Waals surface area contributed by atoms with E-state index in [2.05, 4.69) is 22.5 Å². The molecule has 0 bridgehead atoms. The molecule has 0 heterocycles. The Morgan fingerprint density at radius 1 is 1.08 bits per heavy atom. The van der Waals surface area contributed by atoms with Crippen LogP contribution in [-0.4, -0.2) is 32.1 Å². The van der Waals surface area contributed by atoms with Gasteiger partial charge in [-0.05, 0) is 24.1 Å². The van der Waals surface area contributed by atoms with Gasteiger partial charge in [0.05, 0.1) is 7.11 Å². The molecule has 1 amide bonds. The number of carbonyl (C=O) groups excluding carboxylic acids is 1. The summed E-state index contributed by atoms with van der Waals surface area (Å²) in [7, 11) is 1.62. The molecule has 0 saturated carbocycles. The maximum Gasteiger partial charge on any atom is 0.242 e. The summed E-state index contributed by atoms with van der Waals surface area (Å²) >= 11 is 0. The van der Waals surface area contributed by atoms with Gasteiger partial charge in [0, 0.05) is 13.1 Å². The second-order valence-electron chi connectivity index (χ2n) is 6.02. The van der Waals surface area contributed by atoms with Crippen LogP contribution in [0.15, 0.2) is 29.3 Å². The van der Waals surface area contributed by atoms with Crippen LogP contribution in [0.1, 0.15) is 51.0 Å². The first-order valence-electron chi connectivity index (χ1n) is 9.09. The van der Waals surface area contributed by atoms with Gasteiger partial charge in [-0.25, -0.2) is 4.99 Å². The van der Waals surface area contributed by atoms with Crippen molar-refractivity contribution in [3.8, 4) is 5.75 Å². The Balaban J connectivity index is 0.00000625. The number of halogens is 1. The lowest BCUT2D eigenvalue weighted by molar-refractivity contribution is -0.119. The molecule has 0 unspecified atom stereocenters. The summed E-state index contributed by atoms with van der Waals surface area (Å²) in [6, 6.07) is 7.56. The minimum atomic E-state index is -0.153. The number of hydrogen-bond donors (Lipinski definition) is 3. The Labute approximate surface area is 174 Å². The molecule has 1 rings (SSSR count). The number of benzene rings is 1. The van der Waals surface area contributed by atoms with Gasteiger partial charge in [-0.15, -0.1) is 24.0 Å². The Morgan fingerprint density at radius 3 is 2.38 bits per heavy atom. The Hall–Kier alpha value is -1.51. The van der Waals surface area contributed by atoms with E-state index in [4.69, 9.17) is 10.5 Å². The molecule has 0 aliphatic rings. The molecule has 1 aromatic rings. The quantitative estimate of drug-likeness (QED) is 0.187. The molecule has 0 aliphatic carbocycles. The fourth-order valence-electron chi connectivity index (χ4n) is 2.33. The van der Waals surface area contributed by atoms with Crippen molar-refractivity contribution in [1.82, 2.24) is 10.6 Å². The van der Waals surface area contributed by atoms with Crippen LogP contribution in [0.2, 0.25) is 0 Å². The summed E-state index contributed by atoms with van der Waals surface area (Å²) in [5.74, 6) is 0.970. The number of rotatable bonds is 12. The largest absolute Gasteiger partial charge is 0.497 e. The van der Waals surface area contributed by atoms with Crippen LogP contribution in [0.3, 0.4) is 0 Å². The van der Waals surface area contributed by atoms with Gasteiger partial charge < -0.3 is 21.1 Å². The molecule has 6 nitrogen and oxygen atoms in total. The maximum atomic E-state index is 11.8. The number of nitrogens with two attached hydrogens (primary N) is 1. The van der Waals surface area contributed by atoms with Crippen LogP contribution < -0.4 is 21.1 Å². The zero-order valence-electron chi connectivity index (χ0n) is 15.9. The van der Waals surface area contributed by atoms with Gasteiger partial charge in [-0.2, -0.15) is 0 Å². The zero-order valence-corrected chi connectivity index (χ0v) is 18.3. The Bertz CT molecular complexity index is 521. The Morgan fingerprint density at radius 2 is 1.73 bits per heavy atom. The lowest BCUT2D eigenvalue weighted by atomic mass is 10.1. The number of guanidine groups is 1. The smallest absolute Gasteiger partial charge is 0.242 e. The van der Waals surface area contributed by atoms with Gasteiger partial charge in [0.1, 0.15) is 12.3 Å². The van der Waals surface area contributed by atoms with Crippen molar-refractivity contribution in [2.24, 2.45) is 10.7 Å². The second-order valence-corrected chi connectivity index (χ2v) is 6.02. The fourth-order valence-corrected chi connectivity index (χ4v) is 2.33. The molecule has 7 heteroatoms. The fraction of sp³-hybridized carbons (Fsp3) is 0.579. The summed E-state index contributed by atoms with van der Waals surface area (Å²) in [4.78, 5) is 15.9. The van der Waals surface area contributed by atoms with Crippen LogP contribution in [0, 0.1) is 0 Å². The highest BCUT2D eigenvalue weighted by atomic mass is 127. The predicted octanol–water partition coefficient (Wildman–Crippen LogP) is 3.19. The topological polar surface area (TPSA) is 88.7 Å². The van der Waals surface area contributed by atoms with E-state index in [1.54, 1.807) is 7.11 Å². The van der Waals surface area contributed by atoms with E-state index in [1.807, 2.05) is 24.3 Å².